The minimum absolute atomic E-state index is 0.195. The van der Waals surface area contributed by atoms with Crippen LogP contribution in [-0.4, -0.2) is 6.54 Å². The molecule has 3 heteroatoms. The van der Waals surface area contributed by atoms with Gasteiger partial charge in [0, 0.05) is 10.0 Å². The van der Waals surface area contributed by atoms with E-state index in [-0.39, 0.29) is 6.04 Å². The number of benzene rings is 1. The molecule has 18 heavy (non-hydrogen) atoms. The summed E-state index contributed by atoms with van der Waals surface area (Å²) < 4.78 is 6.37. The van der Waals surface area contributed by atoms with Crippen LogP contribution in [0, 0.1) is 13.8 Å². The Morgan fingerprint density at radius 3 is 2.67 bits per heavy atom. The Bertz CT molecular complexity index is 520. The van der Waals surface area contributed by atoms with Crippen molar-refractivity contribution in [1.82, 2.24) is 5.32 Å². The third kappa shape index (κ3) is 2.68. The van der Waals surface area contributed by atoms with Gasteiger partial charge in [0.1, 0.15) is 0 Å². The van der Waals surface area contributed by atoms with E-state index in [2.05, 4.69) is 54.2 Å². The first kappa shape index (κ1) is 13.4. The summed E-state index contributed by atoms with van der Waals surface area (Å²) in [7, 11) is 0. The lowest BCUT2D eigenvalue weighted by Crippen LogP contribution is -2.22. The first-order valence-electron chi connectivity index (χ1n) is 6.15. The van der Waals surface area contributed by atoms with Gasteiger partial charge in [0.25, 0.3) is 0 Å². The lowest BCUT2D eigenvalue weighted by molar-refractivity contribution is 0.552. The van der Waals surface area contributed by atoms with Gasteiger partial charge in [-0.05, 0) is 49.2 Å². The molecule has 1 aromatic carbocycles. The van der Waals surface area contributed by atoms with Crippen molar-refractivity contribution in [3.8, 4) is 0 Å². The van der Waals surface area contributed by atoms with E-state index in [1.165, 1.54) is 22.3 Å². The van der Waals surface area contributed by atoms with Crippen LogP contribution in [0.4, 0.5) is 0 Å². The van der Waals surface area contributed by atoms with Crippen LogP contribution in [-0.2, 0) is 0 Å². The second-order valence-corrected chi connectivity index (χ2v) is 5.36. The van der Waals surface area contributed by atoms with Gasteiger partial charge in [-0.3, -0.25) is 0 Å². The number of hydrogen-bond acceptors (Lipinski definition) is 2. The van der Waals surface area contributed by atoms with Gasteiger partial charge in [0.2, 0.25) is 0 Å². The predicted octanol–water partition coefficient (Wildman–Crippen LogP) is 4.36. The summed E-state index contributed by atoms with van der Waals surface area (Å²) in [4.78, 5) is 0. The van der Waals surface area contributed by atoms with E-state index in [9.17, 15) is 0 Å². The van der Waals surface area contributed by atoms with Crippen LogP contribution in [0.5, 0.6) is 0 Å². The maximum Gasteiger partial charge on any atom is 0.0953 e. The van der Waals surface area contributed by atoms with Gasteiger partial charge in [-0.25, -0.2) is 0 Å². The van der Waals surface area contributed by atoms with Gasteiger partial charge in [0.05, 0.1) is 18.6 Å². The SMILES string of the molecule is CCNC(c1ccoc1)c1cc(C)c(Br)cc1C. The molecular weight excluding hydrogens is 290 g/mol. The quantitative estimate of drug-likeness (QED) is 0.908. The minimum atomic E-state index is 0.195. The molecule has 1 heterocycles. The molecule has 0 radical (unpaired) electrons. The monoisotopic (exact) mass is 307 g/mol. The highest BCUT2D eigenvalue weighted by Crippen LogP contribution is 2.29. The molecular formula is C15H18BrNO. The second kappa shape index (κ2) is 5.72. The molecule has 0 spiro atoms. The van der Waals surface area contributed by atoms with Gasteiger partial charge in [0.15, 0.2) is 0 Å². The van der Waals surface area contributed by atoms with E-state index in [1.54, 1.807) is 6.26 Å². The molecule has 0 saturated heterocycles. The van der Waals surface area contributed by atoms with E-state index >= 15 is 0 Å². The highest BCUT2D eigenvalue weighted by molar-refractivity contribution is 9.10. The van der Waals surface area contributed by atoms with E-state index in [0.717, 1.165) is 11.0 Å². The predicted molar refractivity (Wildman–Crippen MR) is 77.8 cm³/mol. The van der Waals surface area contributed by atoms with Crippen molar-refractivity contribution in [3.05, 3.63) is 57.5 Å². The zero-order valence-electron chi connectivity index (χ0n) is 11.0. The summed E-state index contributed by atoms with van der Waals surface area (Å²) in [6, 6.07) is 6.62. The molecule has 1 N–H and O–H groups in total. The Balaban J connectivity index is 2.46. The second-order valence-electron chi connectivity index (χ2n) is 4.51. The van der Waals surface area contributed by atoms with Crippen molar-refractivity contribution >= 4 is 15.9 Å². The largest absolute Gasteiger partial charge is 0.472 e. The fraction of sp³-hybridized carbons (Fsp3) is 0.333. The van der Waals surface area contributed by atoms with E-state index in [4.69, 9.17) is 4.42 Å². The van der Waals surface area contributed by atoms with E-state index < -0.39 is 0 Å². The summed E-state index contributed by atoms with van der Waals surface area (Å²) in [5.41, 5.74) is 5.00. The Morgan fingerprint density at radius 2 is 2.06 bits per heavy atom. The summed E-state index contributed by atoms with van der Waals surface area (Å²) in [6.07, 6.45) is 3.53. The first-order chi connectivity index (χ1) is 8.63. The van der Waals surface area contributed by atoms with Crippen molar-refractivity contribution in [2.45, 2.75) is 26.8 Å². The molecule has 1 aromatic heterocycles. The van der Waals surface area contributed by atoms with Crippen LogP contribution in [0.15, 0.2) is 39.6 Å². The van der Waals surface area contributed by atoms with Crippen molar-refractivity contribution in [1.29, 1.82) is 0 Å². The number of halogens is 1. The summed E-state index contributed by atoms with van der Waals surface area (Å²) >= 11 is 3.58. The van der Waals surface area contributed by atoms with Crippen molar-refractivity contribution < 1.29 is 4.42 Å². The average molecular weight is 308 g/mol. The zero-order chi connectivity index (χ0) is 13.1. The number of rotatable bonds is 4. The van der Waals surface area contributed by atoms with Crippen molar-refractivity contribution in [3.63, 3.8) is 0 Å². The van der Waals surface area contributed by atoms with Crippen molar-refractivity contribution in [2.24, 2.45) is 0 Å². The standard InChI is InChI=1S/C15H18BrNO/c1-4-17-15(12-5-6-18-9-12)13-7-11(3)14(16)8-10(13)2/h5-9,15,17H,4H2,1-3H3. The van der Waals surface area contributed by atoms with Crippen LogP contribution < -0.4 is 5.32 Å². The summed E-state index contributed by atoms with van der Waals surface area (Å²) in [5, 5.41) is 3.51. The minimum Gasteiger partial charge on any atom is -0.472 e. The third-order valence-corrected chi connectivity index (χ3v) is 4.00. The summed E-state index contributed by atoms with van der Waals surface area (Å²) in [6.45, 7) is 7.30. The van der Waals surface area contributed by atoms with Gasteiger partial charge in [-0.15, -0.1) is 0 Å². The van der Waals surface area contributed by atoms with Crippen LogP contribution in [0.25, 0.3) is 0 Å². The lowest BCUT2D eigenvalue weighted by Gasteiger charge is -2.20. The molecule has 96 valence electrons. The molecule has 2 rings (SSSR count). The highest BCUT2D eigenvalue weighted by Gasteiger charge is 2.17. The fourth-order valence-electron chi connectivity index (χ4n) is 2.17. The Labute approximate surface area is 117 Å². The molecule has 0 amide bonds. The molecule has 0 fully saturated rings. The topological polar surface area (TPSA) is 25.2 Å². The molecule has 0 saturated carbocycles. The van der Waals surface area contributed by atoms with Crippen LogP contribution in [0.3, 0.4) is 0 Å². The smallest absolute Gasteiger partial charge is 0.0953 e. The third-order valence-electron chi connectivity index (χ3n) is 3.14. The molecule has 2 aromatic rings. The number of aryl methyl sites for hydroxylation is 2. The first-order valence-corrected chi connectivity index (χ1v) is 6.95. The number of nitrogens with one attached hydrogen (secondary N) is 1. The van der Waals surface area contributed by atoms with Crippen LogP contribution in [0.2, 0.25) is 0 Å². The maximum absolute atomic E-state index is 5.21. The zero-order valence-corrected chi connectivity index (χ0v) is 12.5. The molecule has 1 atom stereocenters. The molecule has 2 nitrogen and oxygen atoms in total. The molecule has 0 aliphatic carbocycles. The molecule has 0 aliphatic heterocycles. The van der Waals surface area contributed by atoms with Gasteiger partial charge < -0.3 is 9.73 Å². The molecule has 0 bridgehead atoms. The van der Waals surface area contributed by atoms with Crippen LogP contribution >= 0.6 is 15.9 Å². The summed E-state index contributed by atoms with van der Waals surface area (Å²) in [5.74, 6) is 0. The lowest BCUT2D eigenvalue weighted by atomic mass is 9.95. The average Bonchev–Trinajstić information content (AvgIpc) is 2.85. The number of furan rings is 1. The van der Waals surface area contributed by atoms with Crippen molar-refractivity contribution in [2.75, 3.05) is 6.54 Å². The number of hydrogen-bond donors (Lipinski definition) is 1. The van der Waals surface area contributed by atoms with Gasteiger partial charge in [-0.2, -0.15) is 0 Å². The normalized spacial score (nSPS) is 12.7. The molecule has 1 unspecified atom stereocenters. The fourth-order valence-corrected chi connectivity index (χ4v) is 2.62. The van der Waals surface area contributed by atoms with E-state index in [1.807, 2.05) is 12.3 Å². The Hall–Kier alpha value is -1.06. The van der Waals surface area contributed by atoms with E-state index in [0.29, 0.717) is 0 Å². The Kier molecular flexibility index (Phi) is 4.25. The Morgan fingerprint density at radius 1 is 1.28 bits per heavy atom. The molecule has 0 aliphatic rings. The highest BCUT2D eigenvalue weighted by atomic mass is 79.9. The van der Waals surface area contributed by atoms with Gasteiger partial charge in [-0.1, -0.05) is 28.9 Å². The maximum atomic E-state index is 5.21. The van der Waals surface area contributed by atoms with Crippen LogP contribution in [0.1, 0.15) is 35.2 Å². The van der Waals surface area contributed by atoms with Gasteiger partial charge >= 0.3 is 0 Å².